The van der Waals surface area contributed by atoms with Crippen LogP contribution in [-0.4, -0.2) is 12.4 Å². The van der Waals surface area contributed by atoms with Gasteiger partial charge in [0.05, 0.1) is 5.57 Å². The average Bonchev–Trinajstić information content (AvgIpc) is 2.48. The normalized spacial score (nSPS) is 20.2. The topological polar surface area (TPSA) is 26.3 Å². The Hall–Kier alpha value is -2.49. The Morgan fingerprint density at radius 2 is 1.95 bits per heavy atom. The summed E-state index contributed by atoms with van der Waals surface area (Å²) in [5.41, 5.74) is 0.758. The van der Waals surface area contributed by atoms with Gasteiger partial charge in [-0.2, -0.15) is 0 Å². The first-order valence-electron chi connectivity index (χ1n) is 6.37. The van der Waals surface area contributed by atoms with E-state index in [4.69, 9.17) is 4.74 Å². The van der Waals surface area contributed by atoms with Gasteiger partial charge in [-0.05, 0) is 23.8 Å². The molecule has 1 aliphatic heterocycles. The van der Waals surface area contributed by atoms with Gasteiger partial charge in [0.15, 0.2) is 17.4 Å². The summed E-state index contributed by atoms with van der Waals surface area (Å²) in [6.07, 6.45) is 5.71. The summed E-state index contributed by atoms with van der Waals surface area (Å²) >= 11 is 0. The first kappa shape index (κ1) is 14.9. The van der Waals surface area contributed by atoms with Crippen molar-refractivity contribution in [2.24, 2.45) is 0 Å². The molecule has 0 amide bonds. The molecule has 0 radical (unpaired) electrons. The van der Waals surface area contributed by atoms with E-state index in [9.17, 15) is 13.6 Å². The predicted molar refractivity (Wildman–Crippen MR) is 77.5 cm³/mol. The van der Waals surface area contributed by atoms with Crippen molar-refractivity contribution in [1.29, 1.82) is 0 Å². The first-order chi connectivity index (χ1) is 10.1. The molecular formula is C17H14F2O2. The Kier molecular flexibility index (Phi) is 4.48. The van der Waals surface area contributed by atoms with Crippen LogP contribution in [-0.2, 0) is 16.0 Å². The predicted octanol–water partition coefficient (Wildman–Crippen LogP) is 3.75. The van der Waals surface area contributed by atoms with Gasteiger partial charge in [-0.25, -0.2) is 8.78 Å². The quantitative estimate of drug-likeness (QED) is 0.828. The zero-order valence-corrected chi connectivity index (χ0v) is 11.4. The van der Waals surface area contributed by atoms with E-state index in [0.717, 1.165) is 6.07 Å². The fraction of sp³-hybridized carbons (Fsp3) is 0.118. The first-order valence-corrected chi connectivity index (χ1v) is 6.37. The third-order valence-electron chi connectivity index (χ3n) is 3.15. The monoisotopic (exact) mass is 288 g/mol. The maximum absolute atomic E-state index is 13.9. The van der Waals surface area contributed by atoms with Crippen LogP contribution in [0, 0.1) is 11.6 Å². The van der Waals surface area contributed by atoms with Crippen molar-refractivity contribution in [3.05, 3.63) is 77.6 Å². The molecule has 0 unspecified atom stereocenters. The number of fused-ring (bicyclic) bond motifs is 1. The van der Waals surface area contributed by atoms with E-state index in [1.165, 1.54) is 24.3 Å². The number of ether oxygens (including phenoxy) is 1. The summed E-state index contributed by atoms with van der Waals surface area (Å²) < 4.78 is 32.6. The average molecular weight is 288 g/mol. The fourth-order valence-electron chi connectivity index (χ4n) is 2.11. The van der Waals surface area contributed by atoms with Crippen molar-refractivity contribution >= 4 is 11.9 Å². The smallest absolute Gasteiger partial charge is 0.170 e. The lowest BCUT2D eigenvalue weighted by molar-refractivity contribution is -0.114. The minimum atomic E-state index is -0.967. The summed E-state index contributed by atoms with van der Waals surface area (Å²) in [4.78, 5) is 12.3. The van der Waals surface area contributed by atoms with Crippen molar-refractivity contribution in [2.75, 3.05) is 6.61 Å². The molecule has 0 spiro atoms. The fourth-order valence-corrected chi connectivity index (χ4v) is 2.11. The summed E-state index contributed by atoms with van der Waals surface area (Å²) in [5, 5.41) is 0. The largest absolute Gasteiger partial charge is 0.489 e. The standard InChI is InChI=1S/C17H14F2O2/c1-3-12-15(20)10-11-7-8-14(18)17(19)13(11)6-5-9-21-16(12)4-2/h3-8H,1-2,9-10H2/b6-5-,16-12-. The number of benzene rings is 1. The van der Waals surface area contributed by atoms with Gasteiger partial charge >= 0.3 is 0 Å². The molecule has 21 heavy (non-hydrogen) atoms. The Morgan fingerprint density at radius 1 is 1.19 bits per heavy atom. The molecule has 2 rings (SSSR count). The van der Waals surface area contributed by atoms with E-state index in [2.05, 4.69) is 13.2 Å². The lowest BCUT2D eigenvalue weighted by Crippen LogP contribution is -2.11. The van der Waals surface area contributed by atoms with Gasteiger partial charge in [0.1, 0.15) is 12.4 Å². The molecule has 0 N–H and O–H groups in total. The second-order valence-electron chi connectivity index (χ2n) is 4.43. The molecule has 0 saturated carbocycles. The van der Waals surface area contributed by atoms with E-state index >= 15 is 0 Å². The number of Topliss-reactive ketones (excluding diaryl/α,β-unsaturated/α-hetero) is 1. The molecule has 0 aliphatic carbocycles. The number of carbonyl (C=O) groups is 1. The molecule has 0 fully saturated rings. The van der Waals surface area contributed by atoms with Gasteiger partial charge in [0.2, 0.25) is 0 Å². The summed E-state index contributed by atoms with van der Waals surface area (Å²) in [5.74, 6) is -1.88. The molecule has 1 aliphatic rings. The van der Waals surface area contributed by atoms with Crippen LogP contribution in [0.3, 0.4) is 0 Å². The summed E-state index contributed by atoms with van der Waals surface area (Å²) in [7, 11) is 0. The van der Waals surface area contributed by atoms with Crippen LogP contribution in [0.2, 0.25) is 0 Å². The molecule has 2 nitrogen and oxygen atoms in total. The van der Waals surface area contributed by atoms with Crippen LogP contribution in [0.4, 0.5) is 8.78 Å². The Bertz CT molecular complexity index is 670. The molecule has 1 aromatic carbocycles. The molecular weight excluding hydrogens is 274 g/mol. The minimum Gasteiger partial charge on any atom is -0.489 e. The highest BCUT2D eigenvalue weighted by Gasteiger charge is 2.18. The van der Waals surface area contributed by atoms with Crippen LogP contribution in [0.1, 0.15) is 11.1 Å². The number of hydrogen-bond donors (Lipinski definition) is 0. The van der Waals surface area contributed by atoms with Gasteiger partial charge in [-0.3, -0.25) is 4.79 Å². The van der Waals surface area contributed by atoms with E-state index in [1.807, 2.05) is 0 Å². The second kappa shape index (κ2) is 6.31. The third-order valence-corrected chi connectivity index (χ3v) is 3.15. The molecule has 0 saturated heterocycles. The highest BCUT2D eigenvalue weighted by molar-refractivity contribution is 6.00. The molecule has 4 heteroatoms. The van der Waals surface area contributed by atoms with Crippen LogP contribution < -0.4 is 0 Å². The maximum atomic E-state index is 13.9. The molecule has 1 aromatic rings. The summed E-state index contributed by atoms with van der Waals surface area (Å²) in [6.45, 7) is 7.30. The molecule has 0 aromatic heterocycles. The van der Waals surface area contributed by atoms with Gasteiger partial charge in [-0.15, -0.1) is 0 Å². The lowest BCUT2D eigenvalue weighted by atomic mass is 9.96. The van der Waals surface area contributed by atoms with Gasteiger partial charge in [0, 0.05) is 12.0 Å². The number of carbonyl (C=O) groups excluding carboxylic acids is 1. The maximum Gasteiger partial charge on any atom is 0.170 e. The Morgan fingerprint density at radius 3 is 2.62 bits per heavy atom. The molecule has 108 valence electrons. The van der Waals surface area contributed by atoms with Crippen LogP contribution in [0.5, 0.6) is 0 Å². The van der Waals surface area contributed by atoms with Gasteiger partial charge in [0.25, 0.3) is 0 Å². The number of allylic oxidation sites excluding steroid dienone is 3. The zero-order valence-electron chi connectivity index (χ0n) is 11.4. The van der Waals surface area contributed by atoms with E-state index < -0.39 is 11.6 Å². The third kappa shape index (κ3) is 2.99. The molecule has 0 atom stereocenters. The van der Waals surface area contributed by atoms with E-state index in [0.29, 0.717) is 11.3 Å². The lowest BCUT2D eigenvalue weighted by Gasteiger charge is -2.13. The second-order valence-corrected chi connectivity index (χ2v) is 4.43. The van der Waals surface area contributed by atoms with Crippen molar-refractivity contribution in [2.45, 2.75) is 6.42 Å². The van der Waals surface area contributed by atoms with Crippen molar-refractivity contribution in [1.82, 2.24) is 0 Å². The van der Waals surface area contributed by atoms with E-state index in [-0.39, 0.29) is 29.9 Å². The Balaban J connectivity index is 2.56. The Labute approximate surface area is 121 Å². The molecule has 1 heterocycles. The highest BCUT2D eigenvalue weighted by Crippen LogP contribution is 2.22. The SMILES string of the molecule is C=C/C1=C(\C=C)C(=O)Cc2ccc(F)c(F)c2/C=C\CO1. The van der Waals surface area contributed by atoms with Crippen LogP contribution in [0.15, 0.2) is 54.9 Å². The molecule has 0 bridgehead atoms. The number of halogens is 2. The van der Waals surface area contributed by atoms with E-state index in [1.54, 1.807) is 6.08 Å². The van der Waals surface area contributed by atoms with Crippen molar-refractivity contribution < 1.29 is 18.3 Å². The zero-order chi connectivity index (χ0) is 15.4. The van der Waals surface area contributed by atoms with Crippen LogP contribution in [0.25, 0.3) is 6.08 Å². The summed E-state index contributed by atoms with van der Waals surface area (Å²) in [6, 6.07) is 2.43. The van der Waals surface area contributed by atoms with Gasteiger partial charge < -0.3 is 4.74 Å². The number of ketones is 1. The minimum absolute atomic E-state index is 0.0671. The van der Waals surface area contributed by atoms with Crippen molar-refractivity contribution in [3.63, 3.8) is 0 Å². The highest BCUT2D eigenvalue weighted by atomic mass is 19.2. The number of hydrogen-bond acceptors (Lipinski definition) is 2. The van der Waals surface area contributed by atoms with Gasteiger partial charge in [-0.1, -0.05) is 31.4 Å². The van der Waals surface area contributed by atoms with Crippen molar-refractivity contribution in [3.8, 4) is 0 Å². The van der Waals surface area contributed by atoms with Crippen LogP contribution >= 0.6 is 0 Å². The number of rotatable bonds is 2.